The highest BCUT2D eigenvalue weighted by Crippen LogP contribution is 2.26. The second-order valence-corrected chi connectivity index (χ2v) is 9.62. The van der Waals surface area contributed by atoms with Crippen molar-refractivity contribution in [3.63, 3.8) is 0 Å². The Morgan fingerprint density at radius 2 is 1.35 bits per heavy atom. The van der Waals surface area contributed by atoms with Gasteiger partial charge >= 0.3 is 0 Å². The molecular formula is C24H47NO12. The first kappa shape index (κ1) is 34.1. The molecule has 0 aromatic carbocycles. The second kappa shape index (κ2) is 18.3. The quantitative estimate of drug-likeness (QED) is 0.0609. The van der Waals surface area contributed by atoms with Crippen LogP contribution in [0, 0.1) is 0 Å². The van der Waals surface area contributed by atoms with E-state index in [0.29, 0.717) is 6.42 Å². The molecule has 13 heteroatoms. The highest BCUT2D eigenvalue weighted by molar-refractivity contribution is 5.76. The number of carbonyl (C=O) groups excluding carboxylic acids is 1. The Bertz CT molecular complexity index is 614. The first-order valence-corrected chi connectivity index (χ1v) is 13.2. The molecule has 0 spiro atoms. The zero-order valence-electron chi connectivity index (χ0n) is 21.5. The molecule has 1 rings (SSSR count). The molecule has 0 aromatic heterocycles. The summed E-state index contributed by atoms with van der Waals surface area (Å²) in [5.41, 5.74) is 0. The van der Waals surface area contributed by atoms with E-state index in [-0.39, 0.29) is 6.42 Å². The number of rotatable bonds is 19. The van der Waals surface area contributed by atoms with Gasteiger partial charge in [-0.05, 0) is 6.42 Å². The first-order valence-electron chi connectivity index (χ1n) is 13.2. The van der Waals surface area contributed by atoms with Gasteiger partial charge in [-0.2, -0.15) is 0 Å². The van der Waals surface area contributed by atoms with Gasteiger partial charge in [0.1, 0.15) is 48.8 Å². The molecule has 0 radical (unpaired) electrons. The van der Waals surface area contributed by atoms with E-state index < -0.39 is 80.5 Å². The van der Waals surface area contributed by atoms with Crippen molar-refractivity contribution in [3.05, 3.63) is 0 Å². The molecule has 1 amide bonds. The number of hydrogen-bond acceptors (Lipinski definition) is 12. The summed E-state index contributed by atoms with van der Waals surface area (Å²) in [4.78, 5) is 12.2. The molecule has 1 aliphatic heterocycles. The van der Waals surface area contributed by atoms with Crippen LogP contribution in [0.4, 0.5) is 0 Å². The van der Waals surface area contributed by atoms with Crippen molar-refractivity contribution in [2.24, 2.45) is 0 Å². The number of carbonyl (C=O) groups is 1. The maximum atomic E-state index is 12.2. The maximum Gasteiger partial charge on any atom is 0.222 e. The Hall–Kier alpha value is -0.970. The molecule has 0 bridgehead atoms. The third kappa shape index (κ3) is 11.3. The van der Waals surface area contributed by atoms with Crippen LogP contribution in [-0.4, -0.2) is 126 Å². The van der Waals surface area contributed by atoms with Gasteiger partial charge in [0, 0.05) is 6.42 Å². The van der Waals surface area contributed by atoms with E-state index in [2.05, 4.69) is 12.2 Å². The summed E-state index contributed by atoms with van der Waals surface area (Å²) in [6, 6.07) is 0. The molecule has 10 N–H and O–H groups in total. The third-order valence-corrected chi connectivity index (χ3v) is 6.51. The summed E-state index contributed by atoms with van der Waals surface area (Å²) in [5.74, 6) is -0.514. The van der Waals surface area contributed by atoms with Crippen LogP contribution in [0.1, 0.15) is 71.1 Å². The number of hydrogen-bond donors (Lipinski definition) is 10. The van der Waals surface area contributed by atoms with Gasteiger partial charge in [-0.1, -0.05) is 58.3 Å². The minimum absolute atomic E-state index is 0.122. The Kier molecular flexibility index (Phi) is 16.9. The minimum atomic E-state index is -1.94. The van der Waals surface area contributed by atoms with E-state index in [1.807, 2.05) is 0 Å². The fourth-order valence-corrected chi connectivity index (χ4v) is 4.15. The Morgan fingerprint density at radius 3 is 1.89 bits per heavy atom. The van der Waals surface area contributed by atoms with Crippen LogP contribution in [0.3, 0.4) is 0 Å². The zero-order valence-corrected chi connectivity index (χ0v) is 21.5. The van der Waals surface area contributed by atoms with E-state index in [4.69, 9.17) is 14.6 Å². The molecule has 10 atom stereocenters. The number of aliphatic hydroxyl groups excluding tert-OH is 9. The summed E-state index contributed by atoms with van der Waals surface area (Å²) in [5, 5.41) is 91.5. The lowest BCUT2D eigenvalue weighted by Gasteiger charge is -2.43. The SMILES string of the molecule is CCCCCCCCCCCC(=O)NC(O)[C@H]1O[C@@H](O[C@@H]([C@H](O)[C@@H](O)CO)[C@H](O)CO)[C@H](O)[C@@H](O)[C@H]1O. The fraction of sp³-hybridized carbons (Fsp3) is 0.958. The second-order valence-electron chi connectivity index (χ2n) is 9.62. The van der Waals surface area contributed by atoms with Crippen molar-refractivity contribution in [2.75, 3.05) is 13.2 Å². The van der Waals surface area contributed by atoms with Crippen LogP contribution in [0.15, 0.2) is 0 Å². The predicted molar refractivity (Wildman–Crippen MR) is 130 cm³/mol. The zero-order chi connectivity index (χ0) is 28.0. The van der Waals surface area contributed by atoms with Crippen LogP contribution < -0.4 is 5.32 Å². The number of amides is 1. The van der Waals surface area contributed by atoms with Crippen LogP contribution >= 0.6 is 0 Å². The lowest BCUT2D eigenvalue weighted by Crippen LogP contribution is -2.65. The van der Waals surface area contributed by atoms with E-state index in [1.54, 1.807) is 0 Å². The molecular weight excluding hydrogens is 494 g/mol. The molecule has 1 aliphatic rings. The van der Waals surface area contributed by atoms with E-state index in [9.17, 15) is 45.6 Å². The van der Waals surface area contributed by atoms with Gasteiger partial charge in [0.15, 0.2) is 12.5 Å². The minimum Gasteiger partial charge on any atom is -0.394 e. The Balaban J connectivity index is 2.62. The lowest BCUT2D eigenvalue weighted by molar-refractivity contribution is -0.335. The van der Waals surface area contributed by atoms with Crippen LogP contribution in [0.5, 0.6) is 0 Å². The summed E-state index contributed by atoms with van der Waals surface area (Å²) in [7, 11) is 0. The molecule has 37 heavy (non-hydrogen) atoms. The monoisotopic (exact) mass is 541 g/mol. The average Bonchev–Trinajstić information content (AvgIpc) is 2.89. The molecule has 1 heterocycles. The molecule has 1 fully saturated rings. The number of aliphatic hydroxyl groups is 9. The lowest BCUT2D eigenvalue weighted by atomic mass is 9.97. The van der Waals surface area contributed by atoms with Crippen molar-refractivity contribution in [1.29, 1.82) is 0 Å². The molecule has 1 saturated heterocycles. The number of nitrogens with one attached hydrogen (secondary N) is 1. The predicted octanol–water partition coefficient (Wildman–Crippen LogP) is -2.40. The smallest absolute Gasteiger partial charge is 0.222 e. The van der Waals surface area contributed by atoms with Crippen LogP contribution in [0.25, 0.3) is 0 Å². The summed E-state index contributed by atoms with van der Waals surface area (Å²) < 4.78 is 10.6. The summed E-state index contributed by atoms with van der Waals surface area (Å²) in [6.07, 6.45) is -8.65. The topological polar surface area (TPSA) is 230 Å². The van der Waals surface area contributed by atoms with Gasteiger partial charge in [0.05, 0.1) is 13.2 Å². The van der Waals surface area contributed by atoms with E-state index >= 15 is 0 Å². The fourth-order valence-electron chi connectivity index (χ4n) is 4.15. The Morgan fingerprint density at radius 1 is 0.811 bits per heavy atom. The molecule has 0 saturated carbocycles. The highest BCUT2D eigenvalue weighted by atomic mass is 16.7. The van der Waals surface area contributed by atoms with E-state index in [0.717, 1.165) is 25.7 Å². The number of ether oxygens (including phenoxy) is 2. The van der Waals surface area contributed by atoms with Crippen molar-refractivity contribution in [1.82, 2.24) is 5.32 Å². The molecule has 0 aliphatic carbocycles. The largest absolute Gasteiger partial charge is 0.394 e. The first-order chi connectivity index (χ1) is 17.6. The van der Waals surface area contributed by atoms with Gasteiger partial charge in [-0.15, -0.1) is 0 Å². The maximum absolute atomic E-state index is 12.2. The van der Waals surface area contributed by atoms with E-state index in [1.165, 1.54) is 25.7 Å². The third-order valence-electron chi connectivity index (χ3n) is 6.51. The number of unbranched alkanes of at least 4 members (excludes halogenated alkanes) is 8. The van der Waals surface area contributed by atoms with Crippen molar-refractivity contribution in [2.45, 2.75) is 132 Å². The van der Waals surface area contributed by atoms with Crippen LogP contribution in [0.2, 0.25) is 0 Å². The van der Waals surface area contributed by atoms with Gasteiger partial charge in [0.2, 0.25) is 5.91 Å². The molecule has 0 aromatic rings. The van der Waals surface area contributed by atoms with Crippen LogP contribution in [-0.2, 0) is 14.3 Å². The van der Waals surface area contributed by atoms with Crippen molar-refractivity contribution < 1.29 is 60.2 Å². The highest BCUT2D eigenvalue weighted by Gasteiger charge is 2.49. The standard InChI is InChI=1S/C24H47NO12/c1-2-3-4-5-6-7-8-9-10-11-16(30)25-23(35)22-19(33)18(32)20(34)24(37-22)36-21(15(29)13-27)17(31)14(28)12-26/h14-15,17-24,26-29,31-35H,2-13H2,1H3,(H,25,30)/t14-,15+,17+,18-,19+,20+,21+,22-,23?,24+/m0/s1. The normalized spacial score (nSPS) is 28.3. The summed E-state index contributed by atoms with van der Waals surface area (Å²) >= 11 is 0. The molecule has 13 nitrogen and oxygen atoms in total. The molecule has 1 unspecified atom stereocenters. The molecule has 220 valence electrons. The van der Waals surface area contributed by atoms with Gasteiger partial charge in [0.25, 0.3) is 0 Å². The average molecular weight is 542 g/mol. The van der Waals surface area contributed by atoms with Gasteiger partial charge in [-0.3, -0.25) is 4.79 Å². The summed E-state index contributed by atoms with van der Waals surface area (Å²) in [6.45, 7) is 0.314. The van der Waals surface area contributed by atoms with Crippen molar-refractivity contribution >= 4 is 5.91 Å². The van der Waals surface area contributed by atoms with Gasteiger partial charge < -0.3 is 60.7 Å². The van der Waals surface area contributed by atoms with Gasteiger partial charge in [-0.25, -0.2) is 0 Å². The van der Waals surface area contributed by atoms with Crippen molar-refractivity contribution in [3.8, 4) is 0 Å². The Labute approximate surface area is 217 Å².